The molecule has 0 aliphatic heterocycles. The minimum Gasteiger partial charge on any atom is -0.479 e. The molecule has 1 N–H and O–H groups in total. The number of rotatable bonds is 5. The average Bonchev–Trinajstić information content (AvgIpc) is 2.85. The largest absolute Gasteiger partial charge is 0.479 e. The molecular weight excluding hydrogens is 238 g/mol. The van der Waals surface area contributed by atoms with Gasteiger partial charge in [-0.3, -0.25) is 4.98 Å². The van der Waals surface area contributed by atoms with Crippen molar-refractivity contribution in [3.63, 3.8) is 0 Å². The summed E-state index contributed by atoms with van der Waals surface area (Å²) in [6.07, 6.45) is 0.698. The van der Waals surface area contributed by atoms with E-state index in [2.05, 4.69) is 15.1 Å². The highest BCUT2D eigenvalue weighted by atomic mass is 16.5. The Bertz CT molecular complexity index is 526. The number of carboxylic acids is 1. The van der Waals surface area contributed by atoms with E-state index >= 15 is 0 Å². The first kappa shape index (κ1) is 12.2. The molecule has 2 aromatic rings. The van der Waals surface area contributed by atoms with Gasteiger partial charge in [-0.25, -0.2) is 4.79 Å². The van der Waals surface area contributed by atoms with E-state index in [0.29, 0.717) is 11.5 Å². The summed E-state index contributed by atoms with van der Waals surface area (Å²) in [7, 11) is 0. The van der Waals surface area contributed by atoms with Crippen molar-refractivity contribution in [1.29, 1.82) is 0 Å². The molecule has 0 saturated heterocycles. The maximum Gasteiger partial charge on any atom is 0.332 e. The van der Waals surface area contributed by atoms with E-state index in [-0.39, 0.29) is 12.5 Å². The van der Waals surface area contributed by atoms with Crippen LogP contribution in [0.15, 0.2) is 28.9 Å². The highest BCUT2D eigenvalue weighted by Crippen LogP contribution is 2.12. The fourth-order valence-corrected chi connectivity index (χ4v) is 1.18. The Morgan fingerprint density at radius 3 is 3.06 bits per heavy atom. The van der Waals surface area contributed by atoms with Gasteiger partial charge in [0.15, 0.2) is 6.10 Å². The van der Waals surface area contributed by atoms with Gasteiger partial charge in [-0.15, -0.1) is 0 Å². The van der Waals surface area contributed by atoms with Gasteiger partial charge in [0.25, 0.3) is 5.89 Å². The van der Waals surface area contributed by atoms with Gasteiger partial charge in [0.2, 0.25) is 5.82 Å². The second-order valence-electron chi connectivity index (χ2n) is 3.52. The van der Waals surface area contributed by atoms with Crippen LogP contribution in [0.5, 0.6) is 0 Å². The topological polar surface area (TPSA) is 98.3 Å². The SMILES string of the molecule is C[C@H](OCc1nc(-c2ccccn2)no1)C(=O)O. The highest BCUT2D eigenvalue weighted by Gasteiger charge is 2.14. The van der Waals surface area contributed by atoms with Crippen molar-refractivity contribution in [1.82, 2.24) is 15.1 Å². The van der Waals surface area contributed by atoms with Gasteiger partial charge >= 0.3 is 5.97 Å². The molecule has 18 heavy (non-hydrogen) atoms. The average molecular weight is 249 g/mol. The molecule has 0 bridgehead atoms. The minimum absolute atomic E-state index is 0.0483. The maximum absolute atomic E-state index is 10.5. The van der Waals surface area contributed by atoms with Crippen LogP contribution in [-0.2, 0) is 16.1 Å². The fourth-order valence-electron chi connectivity index (χ4n) is 1.18. The van der Waals surface area contributed by atoms with Crippen molar-refractivity contribution >= 4 is 5.97 Å². The molecule has 0 unspecified atom stereocenters. The quantitative estimate of drug-likeness (QED) is 0.847. The van der Waals surface area contributed by atoms with Crippen LogP contribution in [0.2, 0.25) is 0 Å². The monoisotopic (exact) mass is 249 g/mol. The second-order valence-corrected chi connectivity index (χ2v) is 3.52. The zero-order valence-electron chi connectivity index (χ0n) is 9.61. The summed E-state index contributed by atoms with van der Waals surface area (Å²) in [5.74, 6) is -0.486. The van der Waals surface area contributed by atoms with Gasteiger partial charge in [0.05, 0.1) is 0 Å². The van der Waals surface area contributed by atoms with Crippen molar-refractivity contribution in [2.45, 2.75) is 19.6 Å². The minimum atomic E-state index is -1.04. The van der Waals surface area contributed by atoms with E-state index in [0.717, 1.165) is 0 Å². The van der Waals surface area contributed by atoms with Crippen molar-refractivity contribution in [2.75, 3.05) is 0 Å². The number of hydrogen-bond donors (Lipinski definition) is 1. The number of pyridine rings is 1. The zero-order valence-corrected chi connectivity index (χ0v) is 9.61. The molecular formula is C11H11N3O4. The van der Waals surface area contributed by atoms with Crippen molar-refractivity contribution in [3.05, 3.63) is 30.3 Å². The summed E-state index contributed by atoms with van der Waals surface area (Å²) in [5, 5.41) is 12.4. The number of nitrogens with zero attached hydrogens (tertiary/aromatic N) is 3. The summed E-state index contributed by atoms with van der Waals surface area (Å²) in [6.45, 7) is 1.38. The number of carboxylic acid groups (broad SMARTS) is 1. The van der Waals surface area contributed by atoms with Crippen LogP contribution >= 0.6 is 0 Å². The van der Waals surface area contributed by atoms with Gasteiger partial charge < -0.3 is 14.4 Å². The molecule has 0 spiro atoms. The normalized spacial score (nSPS) is 12.3. The molecule has 2 heterocycles. The van der Waals surface area contributed by atoms with Crippen LogP contribution < -0.4 is 0 Å². The summed E-state index contributed by atoms with van der Waals surface area (Å²) in [5.41, 5.74) is 0.582. The van der Waals surface area contributed by atoms with Crippen molar-refractivity contribution in [3.8, 4) is 11.5 Å². The molecule has 0 amide bonds. The molecule has 1 atom stereocenters. The van der Waals surface area contributed by atoms with Crippen LogP contribution in [-0.4, -0.2) is 32.3 Å². The molecule has 2 aromatic heterocycles. The lowest BCUT2D eigenvalue weighted by atomic mass is 10.3. The van der Waals surface area contributed by atoms with Gasteiger partial charge in [-0.1, -0.05) is 11.2 Å². The highest BCUT2D eigenvalue weighted by molar-refractivity contribution is 5.71. The summed E-state index contributed by atoms with van der Waals surface area (Å²) < 4.78 is 9.95. The lowest BCUT2D eigenvalue weighted by molar-refractivity contribution is -0.150. The Hall–Kier alpha value is -2.28. The van der Waals surface area contributed by atoms with E-state index in [1.54, 1.807) is 24.4 Å². The second kappa shape index (κ2) is 5.37. The lowest BCUT2D eigenvalue weighted by Gasteiger charge is -2.04. The molecule has 0 aliphatic rings. The Morgan fingerprint density at radius 2 is 2.39 bits per heavy atom. The summed E-state index contributed by atoms with van der Waals surface area (Å²) >= 11 is 0. The van der Waals surface area contributed by atoms with Gasteiger partial charge in [-0.05, 0) is 19.1 Å². The van der Waals surface area contributed by atoms with Crippen LogP contribution in [0.4, 0.5) is 0 Å². The summed E-state index contributed by atoms with van der Waals surface area (Å²) in [4.78, 5) is 18.7. The number of hydrogen-bond acceptors (Lipinski definition) is 6. The predicted molar refractivity (Wildman–Crippen MR) is 59.4 cm³/mol. The number of aliphatic carboxylic acids is 1. The fraction of sp³-hybridized carbons (Fsp3) is 0.273. The lowest BCUT2D eigenvalue weighted by Crippen LogP contribution is -2.19. The van der Waals surface area contributed by atoms with E-state index in [4.69, 9.17) is 14.4 Å². The van der Waals surface area contributed by atoms with Crippen LogP contribution in [0.25, 0.3) is 11.5 Å². The van der Waals surface area contributed by atoms with E-state index < -0.39 is 12.1 Å². The van der Waals surface area contributed by atoms with Crippen LogP contribution in [0.1, 0.15) is 12.8 Å². The molecule has 7 heteroatoms. The van der Waals surface area contributed by atoms with E-state index in [1.807, 2.05) is 0 Å². The zero-order chi connectivity index (χ0) is 13.0. The van der Waals surface area contributed by atoms with E-state index in [9.17, 15) is 4.79 Å². The number of ether oxygens (including phenoxy) is 1. The first-order chi connectivity index (χ1) is 8.66. The Labute approximate surface area is 102 Å². The number of carbonyl (C=O) groups is 1. The molecule has 0 fully saturated rings. The standard InChI is InChI=1S/C11H11N3O4/c1-7(11(15)16)17-6-9-13-10(14-18-9)8-4-2-3-5-12-8/h2-5,7H,6H2,1H3,(H,15,16)/t7-/m0/s1. The van der Waals surface area contributed by atoms with Crippen molar-refractivity contribution in [2.24, 2.45) is 0 Å². The molecule has 2 rings (SSSR count). The molecule has 94 valence electrons. The first-order valence-electron chi connectivity index (χ1n) is 5.25. The third-order valence-corrected chi connectivity index (χ3v) is 2.17. The summed E-state index contributed by atoms with van der Waals surface area (Å²) in [6, 6.07) is 5.33. The molecule has 0 radical (unpaired) electrons. The Morgan fingerprint density at radius 1 is 1.56 bits per heavy atom. The molecule has 0 saturated carbocycles. The Balaban J connectivity index is 2.01. The van der Waals surface area contributed by atoms with Gasteiger partial charge in [-0.2, -0.15) is 4.98 Å². The molecule has 7 nitrogen and oxygen atoms in total. The third kappa shape index (κ3) is 2.89. The molecule has 0 aliphatic carbocycles. The first-order valence-corrected chi connectivity index (χ1v) is 5.25. The molecule has 0 aromatic carbocycles. The maximum atomic E-state index is 10.5. The predicted octanol–water partition coefficient (Wildman–Crippen LogP) is 1.12. The van der Waals surface area contributed by atoms with Crippen molar-refractivity contribution < 1.29 is 19.2 Å². The third-order valence-electron chi connectivity index (χ3n) is 2.17. The number of aromatic nitrogens is 3. The Kier molecular flexibility index (Phi) is 3.63. The smallest absolute Gasteiger partial charge is 0.332 e. The van der Waals surface area contributed by atoms with Gasteiger partial charge in [0.1, 0.15) is 12.3 Å². The van der Waals surface area contributed by atoms with Crippen LogP contribution in [0.3, 0.4) is 0 Å². The van der Waals surface area contributed by atoms with Gasteiger partial charge in [0, 0.05) is 6.20 Å². The van der Waals surface area contributed by atoms with E-state index in [1.165, 1.54) is 6.92 Å². The van der Waals surface area contributed by atoms with Crippen LogP contribution in [0, 0.1) is 0 Å².